The number of aryl methyl sites for hydroxylation is 1. The molecule has 0 bridgehead atoms. The summed E-state index contributed by atoms with van der Waals surface area (Å²) in [5.41, 5.74) is 6.44. The normalized spacial score (nSPS) is 16.1. The van der Waals surface area contributed by atoms with Gasteiger partial charge < -0.3 is 4.90 Å². The van der Waals surface area contributed by atoms with Crippen molar-refractivity contribution in [3.63, 3.8) is 0 Å². The molecule has 5 rings (SSSR count). The number of piperidine rings is 1. The molecule has 3 nitrogen and oxygen atoms in total. The Morgan fingerprint density at radius 1 is 0.969 bits per heavy atom. The summed E-state index contributed by atoms with van der Waals surface area (Å²) in [6.07, 6.45) is 3.23. The van der Waals surface area contributed by atoms with E-state index in [9.17, 15) is 4.79 Å². The largest absolute Gasteiger partial charge is 0.339 e. The average molecular weight is 441 g/mol. The lowest BCUT2D eigenvalue weighted by Gasteiger charge is -2.32. The Labute approximate surface area is 194 Å². The summed E-state index contributed by atoms with van der Waals surface area (Å²) >= 11 is 1.73. The molecule has 0 radical (unpaired) electrons. The number of nitrogens with zero attached hydrogens (tertiary/aromatic N) is 2. The van der Waals surface area contributed by atoms with E-state index in [4.69, 9.17) is 4.99 Å². The minimum Gasteiger partial charge on any atom is -0.339 e. The number of hydrogen-bond donors (Lipinski definition) is 0. The van der Waals surface area contributed by atoms with Gasteiger partial charge in [0.25, 0.3) is 5.91 Å². The number of carbonyl (C=O) groups excluding carboxylic acids is 1. The molecular formula is C28H28N2OS. The first-order valence-electron chi connectivity index (χ1n) is 11.4. The van der Waals surface area contributed by atoms with Gasteiger partial charge in [0.2, 0.25) is 0 Å². The maximum Gasteiger partial charge on any atom is 0.253 e. The number of hydrogen-bond acceptors (Lipinski definition) is 3. The number of aliphatic imine (C=N–C) groups is 1. The summed E-state index contributed by atoms with van der Waals surface area (Å²) in [7, 11) is 0. The van der Waals surface area contributed by atoms with E-state index in [1.165, 1.54) is 21.6 Å². The van der Waals surface area contributed by atoms with Crippen molar-refractivity contribution in [1.29, 1.82) is 0 Å². The number of likely N-dealkylation sites (tertiary alicyclic amines) is 1. The van der Waals surface area contributed by atoms with Crippen LogP contribution >= 0.6 is 11.8 Å². The van der Waals surface area contributed by atoms with Crippen LogP contribution in [-0.4, -0.2) is 29.6 Å². The lowest BCUT2D eigenvalue weighted by atomic mass is 9.90. The Hall–Kier alpha value is -2.85. The van der Waals surface area contributed by atoms with E-state index in [-0.39, 0.29) is 5.91 Å². The molecule has 1 amide bonds. The summed E-state index contributed by atoms with van der Waals surface area (Å²) < 4.78 is 0. The molecule has 0 spiro atoms. The first-order valence-corrected chi connectivity index (χ1v) is 12.2. The maximum absolute atomic E-state index is 13.3. The van der Waals surface area contributed by atoms with E-state index >= 15 is 0 Å². The van der Waals surface area contributed by atoms with E-state index in [1.807, 2.05) is 17.0 Å². The van der Waals surface area contributed by atoms with Gasteiger partial charge in [-0.25, -0.2) is 0 Å². The van der Waals surface area contributed by atoms with Gasteiger partial charge in [0.15, 0.2) is 0 Å². The minimum atomic E-state index is 0.126. The number of benzene rings is 3. The third kappa shape index (κ3) is 4.37. The van der Waals surface area contributed by atoms with Crippen LogP contribution in [0, 0.1) is 12.8 Å². The van der Waals surface area contributed by atoms with Gasteiger partial charge in [0.05, 0.1) is 5.69 Å². The topological polar surface area (TPSA) is 32.7 Å². The fourth-order valence-electron chi connectivity index (χ4n) is 4.67. The van der Waals surface area contributed by atoms with Crippen LogP contribution in [0.2, 0.25) is 0 Å². The predicted octanol–water partition coefficient (Wildman–Crippen LogP) is 6.70. The molecule has 2 heterocycles. The van der Waals surface area contributed by atoms with Crippen molar-refractivity contribution in [2.45, 2.75) is 42.9 Å². The van der Waals surface area contributed by atoms with Gasteiger partial charge in [-0.3, -0.25) is 9.79 Å². The quantitative estimate of drug-likeness (QED) is 0.454. The van der Waals surface area contributed by atoms with E-state index in [0.717, 1.165) is 54.2 Å². The van der Waals surface area contributed by atoms with Gasteiger partial charge in [-0.05, 0) is 74.9 Å². The maximum atomic E-state index is 13.3. The Bertz CT molecular complexity index is 1180. The molecule has 4 heteroatoms. The zero-order valence-electron chi connectivity index (χ0n) is 18.7. The Kier molecular flexibility index (Phi) is 5.88. The van der Waals surface area contributed by atoms with Crippen LogP contribution in [0.25, 0.3) is 0 Å². The molecule has 2 aliphatic rings. The fourth-order valence-corrected chi connectivity index (χ4v) is 5.70. The highest BCUT2D eigenvalue weighted by atomic mass is 32.2. The molecule has 0 N–H and O–H groups in total. The van der Waals surface area contributed by atoms with Gasteiger partial charge in [0.1, 0.15) is 0 Å². The van der Waals surface area contributed by atoms with Crippen LogP contribution in [0.1, 0.15) is 46.8 Å². The number of amides is 1. The molecule has 3 aromatic carbocycles. The first kappa shape index (κ1) is 21.0. The highest BCUT2D eigenvalue weighted by Crippen LogP contribution is 2.41. The third-order valence-corrected chi connectivity index (χ3v) is 7.65. The van der Waals surface area contributed by atoms with Crippen molar-refractivity contribution in [3.05, 3.63) is 89.0 Å². The fraction of sp³-hybridized carbons (Fsp3) is 0.286. The third-order valence-electron chi connectivity index (χ3n) is 6.51. The van der Waals surface area contributed by atoms with Gasteiger partial charge in [-0.2, -0.15) is 0 Å². The van der Waals surface area contributed by atoms with Crippen LogP contribution < -0.4 is 0 Å². The molecule has 1 fully saturated rings. The Morgan fingerprint density at radius 3 is 2.50 bits per heavy atom. The molecule has 1 saturated heterocycles. The van der Waals surface area contributed by atoms with Crippen LogP contribution in [0.3, 0.4) is 0 Å². The van der Waals surface area contributed by atoms with Crippen LogP contribution in [0.15, 0.2) is 81.5 Å². The van der Waals surface area contributed by atoms with Crippen molar-refractivity contribution in [3.8, 4) is 0 Å². The molecule has 2 aliphatic heterocycles. The number of carbonyl (C=O) groups is 1. The highest BCUT2D eigenvalue weighted by molar-refractivity contribution is 7.99. The molecule has 162 valence electrons. The van der Waals surface area contributed by atoms with Gasteiger partial charge in [-0.1, -0.05) is 53.7 Å². The Morgan fingerprint density at radius 2 is 1.72 bits per heavy atom. The molecule has 0 atom stereocenters. The summed E-state index contributed by atoms with van der Waals surface area (Å²) in [6, 6.07) is 23.2. The summed E-state index contributed by atoms with van der Waals surface area (Å²) in [4.78, 5) is 22.5. The molecule has 0 unspecified atom stereocenters. The van der Waals surface area contributed by atoms with Crippen LogP contribution in [0.4, 0.5) is 5.69 Å². The number of rotatable bonds is 3. The van der Waals surface area contributed by atoms with Crippen molar-refractivity contribution in [1.82, 2.24) is 4.90 Å². The van der Waals surface area contributed by atoms with Crippen LogP contribution in [-0.2, 0) is 6.42 Å². The lowest BCUT2D eigenvalue weighted by molar-refractivity contribution is 0.0690. The number of fused-ring (bicyclic) bond motifs is 2. The molecule has 0 saturated carbocycles. The zero-order chi connectivity index (χ0) is 22.1. The predicted molar refractivity (Wildman–Crippen MR) is 132 cm³/mol. The SMILES string of the molecule is CC1=Nc2cc(C(=O)N3CCC(Cc4ccccc4)CC3)ccc2Sc2ccc(C)cc21. The van der Waals surface area contributed by atoms with Crippen molar-refractivity contribution < 1.29 is 4.79 Å². The van der Waals surface area contributed by atoms with Crippen molar-refractivity contribution >= 4 is 29.1 Å². The minimum absolute atomic E-state index is 0.126. The van der Waals surface area contributed by atoms with Gasteiger partial charge in [-0.15, -0.1) is 0 Å². The van der Waals surface area contributed by atoms with Gasteiger partial charge in [0, 0.05) is 39.7 Å². The standard InChI is InChI=1S/C28H28N2OS/c1-19-8-10-26-24(16-19)20(2)29-25-18-23(9-11-27(25)32-26)28(31)30-14-12-22(13-15-30)17-21-6-4-3-5-7-21/h3-11,16,18,22H,12-15,17H2,1-2H3. The van der Waals surface area contributed by atoms with Crippen LogP contribution in [0.5, 0.6) is 0 Å². The molecular weight excluding hydrogens is 412 g/mol. The second kappa shape index (κ2) is 8.95. The summed E-state index contributed by atoms with van der Waals surface area (Å²) in [5, 5.41) is 0. The Balaban J connectivity index is 1.30. The molecule has 32 heavy (non-hydrogen) atoms. The second-order valence-corrected chi connectivity index (χ2v) is 9.99. The van der Waals surface area contributed by atoms with Gasteiger partial charge >= 0.3 is 0 Å². The second-order valence-electron chi connectivity index (χ2n) is 8.91. The average Bonchev–Trinajstić information content (AvgIpc) is 2.95. The van der Waals surface area contributed by atoms with E-state index < -0.39 is 0 Å². The first-order chi connectivity index (χ1) is 15.6. The molecule has 0 aliphatic carbocycles. The van der Waals surface area contributed by atoms with E-state index in [2.05, 4.69) is 68.4 Å². The molecule has 0 aromatic heterocycles. The lowest BCUT2D eigenvalue weighted by Crippen LogP contribution is -2.38. The highest BCUT2D eigenvalue weighted by Gasteiger charge is 2.25. The monoisotopic (exact) mass is 440 g/mol. The smallest absolute Gasteiger partial charge is 0.253 e. The molecule has 3 aromatic rings. The van der Waals surface area contributed by atoms with E-state index in [1.54, 1.807) is 11.8 Å². The van der Waals surface area contributed by atoms with Crippen molar-refractivity contribution in [2.75, 3.05) is 13.1 Å². The zero-order valence-corrected chi connectivity index (χ0v) is 19.5. The van der Waals surface area contributed by atoms with Crippen molar-refractivity contribution in [2.24, 2.45) is 10.9 Å². The summed E-state index contributed by atoms with van der Waals surface area (Å²) in [5.74, 6) is 0.778. The van der Waals surface area contributed by atoms with E-state index in [0.29, 0.717) is 5.92 Å². The summed E-state index contributed by atoms with van der Waals surface area (Å²) in [6.45, 7) is 5.82.